The molecule has 0 unspecified atom stereocenters. The van der Waals surface area contributed by atoms with Crippen molar-refractivity contribution in [3.8, 4) is 11.5 Å². The Hall–Kier alpha value is -3.09. The van der Waals surface area contributed by atoms with Crippen LogP contribution in [0.15, 0.2) is 46.3 Å². The van der Waals surface area contributed by atoms with Crippen LogP contribution in [-0.2, 0) is 21.2 Å². The number of halogens is 2. The fourth-order valence-corrected chi connectivity index (χ4v) is 5.04. The number of alkyl halides is 2. The van der Waals surface area contributed by atoms with E-state index in [0.717, 1.165) is 0 Å². The SMILES string of the molecule is O=C(NC1=Nc2cc3c(cc2C1)OC(F)(F)O3)c1ccc(S(=O)(=O)N2CCOCC2)cc1. The Kier molecular flexibility index (Phi) is 4.87. The van der Waals surface area contributed by atoms with E-state index in [2.05, 4.69) is 19.8 Å². The first-order valence-electron chi connectivity index (χ1n) is 9.71. The second-order valence-electron chi connectivity index (χ2n) is 7.33. The average Bonchev–Trinajstić information content (AvgIpc) is 3.29. The lowest BCUT2D eigenvalue weighted by molar-refractivity contribution is -0.286. The van der Waals surface area contributed by atoms with Gasteiger partial charge >= 0.3 is 6.29 Å². The van der Waals surface area contributed by atoms with Gasteiger partial charge in [-0.3, -0.25) is 4.79 Å². The van der Waals surface area contributed by atoms with Gasteiger partial charge in [-0.2, -0.15) is 4.31 Å². The summed E-state index contributed by atoms with van der Waals surface area (Å²) in [6.45, 7) is 1.24. The highest BCUT2D eigenvalue weighted by atomic mass is 32.2. The van der Waals surface area contributed by atoms with Gasteiger partial charge < -0.3 is 19.5 Å². The van der Waals surface area contributed by atoms with Gasteiger partial charge in [-0.1, -0.05) is 0 Å². The molecule has 0 atom stereocenters. The van der Waals surface area contributed by atoms with E-state index < -0.39 is 22.2 Å². The van der Waals surface area contributed by atoms with Gasteiger partial charge in [0.1, 0.15) is 5.84 Å². The molecular weight excluding hydrogens is 448 g/mol. The summed E-state index contributed by atoms with van der Waals surface area (Å²) < 4.78 is 67.1. The number of hydrogen-bond acceptors (Lipinski definition) is 7. The third-order valence-corrected chi connectivity index (χ3v) is 7.11. The fraction of sp³-hybridized carbons (Fsp3) is 0.300. The smallest absolute Gasteiger partial charge is 0.395 e. The van der Waals surface area contributed by atoms with E-state index in [4.69, 9.17) is 4.74 Å². The van der Waals surface area contributed by atoms with Gasteiger partial charge in [0.25, 0.3) is 5.91 Å². The summed E-state index contributed by atoms with van der Waals surface area (Å²) in [6.07, 6.45) is -3.49. The molecular formula is C20H17F2N3O6S. The Morgan fingerprint density at radius 3 is 2.41 bits per heavy atom. The Labute approximate surface area is 181 Å². The van der Waals surface area contributed by atoms with Gasteiger partial charge in [0, 0.05) is 31.1 Å². The number of rotatable bonds is 3. The zero-order chi connectivity index (χ0) is 22.5. The zero-order valence-corrected chi connectivity index (χ0v) is 17.3. The Morgan fingerprint density at radius 2 is 1.72 bits per heavy atom. The van der Waals surface area contributed by atoms with Gasteiger partial charge in [-0.15, -0.1) is 8.78 Å². The summed E-state index contributed by atoms with van der Waals surface area (Å²) in [4.78, 5) is 16.9. The van der Waals surface area contributed by atoms with Crippen LogP contribution in [0.4, 0.5) is 14.5 Å². The maximum atomic E-state index is 13.2. The number of sulfonamides is 1. The van der Waals surface area contributed by atoms with Crippen molar-refractivity contribution in [3.05, 3.63) is 47.5 Å². The number of amides is 1. The van der Waals surface area contributed by atoms with Crippen molar-refractivity contribution in [2.45, 2.75) is 17.6 Å². The van der Waals surface area contributed by atoms with E-state index in [1.165, 1.54) is 40.7 Å². The number of aliphatic imine (C=N–C) groups is 1. The molecule has 1 saturated heterocycles. The van der Waals surface area contributed by atoms with Crippen LogP contribution in [0, 0.1) is 0 Å². The van der Waals surface area contributed by atoms with Crippen molar-refractivity contribution in [2.75, 3.05) is 26.3 Å². The maximum absolute atomic E-state index is 13.2. The number of nitrogens with one attached hydrogen (secondary N) is 1. The molecule has 0 aromatic heterocycles. The minimum absolute atomic E-state index is 0.0893. The summed E-state index contributed by atoms with van der Waals surface area (Å²) in [5.74, 6) is -0.361. The van der Waals surface area contributed by atoms with Gasteiger partial charge in [-0.05, 0) is 35.9 Å². The number of hydrogen-bond donors (Lipinski definition) is 1. The van der Waals surface area contributed by atoms with Crippen molar-refractivity contribution in [1.29, 1.82) is 0 Å². The van der Waals surface area contributed by atoms with Crippen LogP contribution < -0.4 is 14.8 Å². The molecule has 0 saturated carbocycles. The topological polar surface area (TPSA) is 107 Å². The van der Waals surface area contributed by atoms with Crippen molar-refractivity contribution >= 4 is 27.5 Å². The molecule has 0 spiro atoms. The van der Waals surface area contributed by atoms with Gasteiger partial charge in [-0.25, -0.2) is 13.4 Å². The molecule has 2 aromatic rings. The lowest BCUT2D eigenvalue weighted by Crippen LogP contribution is -2.40. The van der Waals surface area contributed by atoms with Gasteiger partial charge in [0.05, 0.1) is 23.8 Å². The second-order valence-corrected chi connectivity index (χ2v) is 9.26. The summed E-state index contributed by atoms with van der Waals surface area (Å²) in [5, 5.41) is 2.66. The monoisotopic (exact) mass is 465 g/mol. The minimum Gasteiger partial charge on any atom is -0.395 e. The Bertz CT molecular complexity index is 1220. The predicted molar refractivity (Wildman–Crippen MR) is 107 cm³/mol. The van der Waals surface area contributed by atoms with Crippen molar-refractivity contribution in [3.63, 3.8) is 0 Å². The molecule has 5 rings (SSSR count). The van der Waals surface area contributed by atoms with E-state index in [1.54, 1.807) is 0 Å². The standard InChI is InChI=1S/C20H17F2N3O6S/c21-20(22)30-16-9-13-10-18(23-15(13)11-17(16)31-20)24-19(26)12-1-3-14(4-2-12)32(27,28)25-5-7-29-8-6-25/h1-4,9,11H,5-8,10H2,(H,23,24,26). The molecule has 0 bridgehead atoms. The van der Waals surface area contributed by atoms with Crippen molar-refractivity contribution in [1.82, 2.24) is 9.62 Å². The summed E-state index contributed by atoms with van der Waals surface area (Å²) >= 11 is 0. The highest BCUT2D eigenvalue weighted by Gasteiger charge is 2.44. The third-order valence-electron chi connectivity index (χ3n) is 5.20. The number of nitrogens with zero attached hydrogens (tertiary/aromatic N) is 2. The Morgan fingerprint density at radius 1 is 1.06 bits per heavy atom. The van der Waals surface area contributed by atoms with E-state index in [1.807, 2.05) is 0 Å². The highest BCUT2D eigenvalue weighted by molar-refractivity contribution is 7.89. The number of carbonyl (C=O) groups is 1. The van der Waals surface area contributed by atoms with E-state index in [0.29, 0.717) is 30.3 Å². The van der Waals surface area contributed by atoms with Crippen LogP contribution in [-0.4, -0.2) is 57.1 Å². The van der Waals surface area contributed by atoms with E-state index in [-0.39, 0.29) is 41.5 Å². The molecule has 1 amide bonds. The quantitative estimate of drug-likeness (QED) is 0.744. The van der Waals surface area contributed by atoms with Crippen LogP contribution in [0.1, 0.15) is 15.9 Å². The molecule has 1 fully saturated rings. The minimum atomic E-state index is -3.71. The lowest BCUT2D eigenvalue weighted by atomic mass is 10.1. The summed E-state index contributed by atoms with van der Waals surface area (Å²) in [7, 11) is -3.66. The van der Waals surface area contributed by atoms with Crippen LogP contribution in [0.2, 0.25) is 0 Å². The maximum Gasteiger partial charge on any atom is 0.586 e. The summed E-state index contributed by atoms with van der Waals surface area (Å²) in [5.41, 5.74) is 1.25. The van der Waals surface area contributed by atoms with Crippen LogP contribution in [0.5, 0.6) is 11.5 Å². The van der Waals surface area contributed by atoms with Crippen molar-refractivity contribution < 1.29 is 36.2 Å². The van der Waals surface area contributed by atoms with Crippen molar-refractivity contribution in [2.24, 2.45) is 4.99 Å². The molecule has 32 heavy (non-hydrogen) atoms. The lowest BCUT2D eigenvalue weighted by Gasteiger charge is -2.26. The highest BCUT2D eigenvalue weighted by Crippen LogP contribution is 2.45. The number of ether oxygens (including phenoxy) is 3. The second kappa shape index (κ2) is 7.50. The third kappa shape index (κ3) is 3.80. The number of amidine groups is 1. The molecule has 2 aromatic carbocycles. The average molecular weight is 465 g/mol. The normalized spacial score (nSPS) is 19.4. The van der Waals surface area contributed by atoms with Gasteiger partial charge in [0.2, 0.25) is 10.0 Å². The molecule has 3 heterocycles. The van der Waals surface area contributed by atoms with E-state index in [9.17, 15) is 22.0 Å². The summed E-state index contributed by atoms with van der Waals surface area (Å²) in [6, 6.07) is 8.33. The van der Waals surface area contributed by atoms with Crippen LogP contribution >= 0.6 is 0 Å². The molecule has 168 valence electrons. The number of fused-ring (bicyclic) bond motifs is 2. The largest absolute Gasteiger partial charge is 0.586 e. The molecule has 9 nitrogen and oxygen atoms in total. The molecule has 0 aliphatic carbocycles. The number of carbonyl (C=O) groups excluding carboxylic acids is 1. The zero-order valence-electron chi connectivity index (χ0n) is 16.5. The molecule has 12 heteroatoms. The number of morpholine rings is 1. The fourth-order valence-electron chi connectivity index (χ4n) is 3.63. The molecule has 0 radical (unpaired) electrons. The molecule has 3 aliphatic rings. The van der Waals surface area contributed by atoms with E-state index >= 15 is 0 Å². The predicted octanol–water partition coefficient (Wildman–Crippen LogP) is 2.05. The molecule has 1 N–H and O–H groups in total. The first-order chi connectivity index (χ1) is 15.2. The molecule has 3 aliphatic heterocycles. The Balaban J connectivity index is 1.27. The van der Waals surface area contributed by atoms with Gasteiger partial charge in [0.15, 0.2) is 11.5 Å². The van der Waals surface area contributed by atoms with Crippen LogP contribution in [0.25, 0.3) is 0 Å². The first kappa shape index (κ1) is 20.8. The van der Waals surface area contributed by atoms with Crippen LogP contribution in [0.3, 0.4) is 0 Å². The number of benzene rings is 2. The first-order valence-corrected chi connectivity index (χ1v) is 11.1.